The van der Waals surface area contributed by atoms with Gasteiger partial charge >= 0.3 is 0 Å². The van der Waals surface area contributed by atoms with Crippen LogP contribution in [-0.4, -0.2) is 29.1 Å². The molecule has 1 aromatic carbocycles. The van der Waals surface area contributed by atoms with Crippen molar-refractivity contribution >= 4 is 17.7 Å². The van der Waals surface area contributed by atoms with Gasteiger partial charge in [0.2, 0.25) is 5.91 Å². The number of thioether (sulfide) groups is 1. The molecule has 0 saturated heterocycles. The van der Waals surface area contributed by atoms with Gasteiger partial charge < -0.3 is 10.4 Å². The number of hydrogen-bond acceptors (Lipinski definition) is 3. The maximum atomic E-state index is 11.6. The first-order valence-electron chi connectivity index (χ1n) is 6.07. The minimum Gasteiger partial charge on any atom is -0.387 e. The Hall–Kier alpha value is -1.00. The molecule has 0 aliphatic carbocycles. The topological polar surface area (TPSA) is 49.3 Å². The van der Waals surface area contributed by atoms with E-state index in [1.165, 1.54) is 0 Å². The van der Waals surface area contributed by atoms with Crippen molar-refractivity contribution in [2.75, 3.05) is 12.8 Å². The summed E-state index contributed by atoms with van der Waals surface area (Å²) in [7, 11) is 0. The van der Waals surface area contributed by atoms with E-state index < -0.39 is 6.10 Å². The molecule has 0 aliphatic rings. The number of carbonyl (C=O) groups is 1. The van der Waals surface area contributed by atoms with Gasteiger partial charge in [-0.15, -0.1) is 0 Å². The van der Waals surface area contributed by atoms with Crippen LogP contribution in [0.3, 0.4) is 0 Å². The maximum absolute atomic E-state index is 11.6. The van der Waals surface area contributed by atoms with E-state index in [0.29, 0.717) is 11.7 Å². The van der Waals surface area contributed by atoms with E-state index in [2.05, 4.69) is 5.32 Å². The molecular formula is C14H21NO2S. The predicted molar refractivity (Wildman–Crippen MR) is 76.7 cm³/mol. The molecule has 2 unspecified atom stereocenters. The lowest BCUT2D eigenvalue weighted by Crippen LogP contribution is -2.30. The van der Waals surface area contributed by atoms with Crippen LogP contribution in [0.4, 0.5) is 0 Å². The zero-order valence-electron chi connectivity index (χ0n) is 11.1. The van der Waals surface area contributed by atoms with Crippen molar-refractivity contribution in [1.82, 2.24) is 5.32 Å². The first kappa shape index (κ1) is 15.1. The molecule has 1 aromatic rings. The Morgan fingerprint density at radius 1 is 1.44 bits per heavy atom. The molecule has 4 heteroatoms. The highest BCUT2D eigenvalue weighted by Gasteiger charge is 2.12. The Kier molecular flexibility index (Phi) is 6.22. The van der Waals surface area contributed by atoms with Gasteiger partial charge in [0.05, 0.1) is 6.10 Å². The molecule has 0 bridgehead atoms. The summed E-state index contributed by atoms with van der Waals surface area (Å²) in [6, 6.07) is 7.67. The van der Waals surface area contributed by atoms with E-state index >= 15 is 0 Å². The molecule has 0 heterocycles. The minimum atomic E-state index is -0.639. The van der Waals surface area contributed by atoms with Crippen LogP contribution in [-0.2, 0) is 4.79 Å². The van der Waals surface area contributed by atoms with E-state index in [4.69, 9.17) is 0 Å². The van der Waals surface area contributed by atoms with Crippen LogP contribution in [0.25, 0.3) is 0 Å². The van der Waals surface area contributed by atoms with Gasteiger partial charge in [0, 0.05) is 18.2 Å². The molecule has 0 spiro atoms. The van der Waals surface area contributed by atoms with Gasteiger partial charge in [-0.3, -0.25) is 4.79 Å². The Bertz CT molecular complexity index is 395. The summed E-state index contributed by atoms with van der Waals surface area (Å²) >= 11 is 1.66. The summed E-state index contributed by atoms with van der Waals surface area (Å²) in [5.41, 5.74) is 1.91. The monoisotopic (exact) mass is 267 g/mol. The number of aliphatic hydroxyl groups is 1. The molecule has 1 amide bonds. The van der Waals surface area contributed by atoms with E-state index in [1.807, 2.05) is 44.4 Å². The lowest BCUT2D eigenvalue weighted by atomic mass is 10.0. The Labute approximate surface area is 113 Å². The quantitative estimate of drug-likeness (QED) is 0.831. The van der Waals surface area contributed by atoms with Gasteiger partial charge in [-0.1, -0.05) is 31.2 Å². The number of amides is 1. The predicted octanol–water partition coefficient (Wildman–Crippen LogP) is 2.29. The third kappa shape index (κ3) is 4.70. The van der Waals surface area contributed by atoms with Crippen molar-refractivity contribution in [1.29, 1.82) is 0 Å². The summed E-state index contributed by atoms with van der Waals surface area (Å²) in [4.78, 5) is 11.6. The number of hydrogen-bond donors (Lipinski definition) is 2. The summed E-state index contributed by atoms with van der Waals surface area (Å²) in [5, 5.41) is 13.1. The highest BCUT2D eigenvalue weighted by atomic mass is 32.2. The fraction of sp³-hybridized carbons (Fsp3) is 0.500. The highest BCUT2D eigenvalue weighted by molar-refractivity contribution is 7.99. The molecule has 2 atom stereocenters. The van der Waals surface area contributed by atoms with Crippen molar-refractivity contribution in [3.63, 3.8) is 0 Å². The molecule has 1 rings (SSSR count). The van der Waals surface area contributed by atoms with Crippen LogP contribution in [0.15, 0.2) is 24.3 Å². The second kappa shape index (κ2) is 7.44. The van der Waals surface area contributed by atoms with Crippen LogP contribution in [0.2, 0.25) is 0 Å². The number of aliphatic hydroxyl groups excluding tert-OH is 1. The van der Waals surface area contributed by atoms with Crippen molar-refractivity contribution < 1.29 is 9.90 Å². The van der Waals surface area contributed by atoms with Gasteiger partial charge in [-0.25, -0.2) is 0 Å². The summed E-state index contributed by atoms with van der Waals surface area (Å²) in [6.07, 6.45) is 1.83. The average Bonchev–Trinajstić information content (AvgIpc) is 2.36. The Morgan fingerprint density at radius 3 is 2.72 bits per heavy atom. The highest BCUT2D eigenvalue weighted by Crippen LogP contribution is 2.16. The zero-order valence-corrected chi connectivity index (χ0v) is 12.0. The van der Waals surface area contributed by atoms with Gasteiger partial charge in [-0.05, 0) is 24.3 Å². The molecule has 0 aliphatic heterocycles. The fourth-order valence-corrected chi connectivity index (χ4v) is 2.02. The summed E-state index contributed by atoms with van der Waals surface area (Å²) in [5.74, 6) is -0.00974. The largest absolute Gasteiger partial charge is 0.387 e. The number of aryl methyl sites for hydroxylation is 1. The molecule has 18 heavy (non-hydrogen) atoms. The second-order valence-electron chi connectivity index (χ2n) is 4.43. The number of nitrogens with one attached hydrogen (secondary N) is 1. The third-order valence-electron chi connectivity index (χ3n) is 2.92. The Morgan fingerprint density at radius 2 is 2.11 bits per heavy atom. The number of carbonyl (C=O) groups excluding carboxylic acids is 1. The standard InChI is InChI=1S/C14H21NO2S/c1-10-6-4-5-7-12(10)13(16)9-15-14(17)8-11(2)18-3/h4-7,11,13,16H,8-9H2,1-3H3,(H,15,17). The van der Waals surface area contributed by atoms with Gasteiger partial charge in [0.1, 0.15) is 0 Å². The van der Waals surface area contributed by atoms with Crippen LogP contribution in [0.5, 0.6) is 0 Å². The molecule has 0 fully saturated rings. The first-order chi connectivity index (χ1) is 8.54. The van der Waals surface area contributed by atoms with Gasteiger partial charge in [0.25, 0.3) is 0 Å². The molecule has 2 N–H and O–H groups in total. The van der Waals surface area contributed by atoms with Crippen molar-refractivity contribution in [3.05, 3.63) is 35.4 Å². The van der Waals surface area contributed by atoms with Gasteiger partial charge in [0.15, 0.2) is 0 Å². The smallest absolute Gasteiger partial charge is 0.221 e. The molecule has 0 aromatic heterocycles. The van der Waals surface area contributed by atoms with E-state index in [1.54, 1.807) is 11.8 Å². The lowest BCUT2D eigenvalue weighted by Gasteiger charge is -2.15. The average molecular weight is 267 g/mol. The molecule has 0 saturated carbocycles. The van der Waals surface area contributed by atoms with Crippen molar-refractivity contribution in [2.24, 2.45) is 0 Å². The van der Waals surface area contributed by atoms with Crippen molar-refractivity contribution in [2.45, 2.75) is 31.6 Å². The van der Waals surface area contributed by atoms with Crippen LogP contribution in [0.1, 0.15) is 30.6 Å². The zero-order chi connectivity index (χ0) is 13.5. The third-order valence-corrected chi connectivity index (χ3v) is 3.89. The summed E-state index contributed by atoms with van der Waals surface area (Å²) < 4.78 is 0. The lowest BCUT2D eigenvalue weighted by molar-refractivity contribution is -0.121. The Balaban J connectivity index is 2.44. The second-order valence-corrected chi connectivity index (χ2v) is 5.70. The van der Waals surface area contributed by atoms with Crippen LogP contribution >= 0.6 is 11.8 Å². The van der Waals surface area contributed by atoms with Gasteiger partial charge in [-0.2, -0.15) is 11.8 Å². The minimum absolute atomic E-state index is 0.00974. The van der Waals surface area contributed by atoms with Crippen LogP contribution < -0.4 is 5.32 Å². The molecule has 100 valence electrons. The maximum Gasteiger partial charge on any atom is 0.221 e. The fourth-order valence-electron chi connectivity index (χ4n) is 1.70. The number of benzene rings is 1. The molecule has 3 nitrogen and oxygen atoms in total. The van der Waals surface area contributed by atoms with Crippen molar-refractivity contribution in [3.8, 4) is 0 Å². The molecular weight excluding hydrogens is 246 g/mol. The first-order valence-corrected chi connectivity index (χ1v) is 7.36. The van der Waals surface area contributed by atoms with E-state index in [9.17, 15) is 9.90 Å². The van der Waals surface area contributed by atoms with E-state index in [0.717, 1.165) is 11.1 Å². The molecule has 0 radical (unpaired) electrons. The normalized spacial score (nSPS) is 14.0. The number of rotatable bonds is 6. The van der Waals surface area contributed by atoms with Crippen LogP contribution in [0, 0.1) is 6.92 Å². The summed E-state index contributed by atoms with van der Waals surface area (Å²) in [6.45, 7) is 4.24. The van der Waals surface area contributed by atoms with E-state index in [-0.39, 0.29) is 12.5 Å². The SMILES string of the molecule is CSC(C)CC(=O)NCC(O)c1ccccc1C.